The molecule has 0 unspecified atom stereocenters. The Morgan fingerprint density at radius 3 is 2.56 bits per heavy atom. The van der Waals surface area contributed by atoms with Crippen LogP contribution in [0.5, 0.6) is 0 Å². The minimum Gasteiger partial charge on any atom is -0.508 e. The second-order valence-corrected chi connectivity index (χ2v) is 2.51. The zero-order valence-corrected chi connectivity index (χ0v) is 5.59. The highest BCUT2D eigenvalue weighted by Crippen LogP contribution is 2.21. The summed E-state index contributed by atoms with van der Waals surface area (Å²) >= 11 is 0. The lowest BCUT2D eigenvalue weighted by atomic mass is 10.1. The van der Waals surface area contributed by atoms with Gasteiger partial charge < -0.3 is 9.84 Å². The third-order valence-corrected chi connectivity index (χ3v) is 1.31. The second-order valence-electron chi connectivity index (χ2n) is 2.51. The molecule has 1 rings (SSSR count). The number of aliphatic hydroxyl groups is 1. The molecule has 50 valence electrons. The Morgan fingerprint density at radius 2 is 2.22 bits per heavy atom. The van der Waals surface area contributed by atoms with E-state index in [-0.39, 0.29) is 5.76 Å². The van der Waals surface area contributed by atoms with E-state index >= 15 is 0 Å². The highest BCUT2D eigenvalue weighted by atomic mass is 16.5. The van der Waals surface area contributed by atoms with Crippen LogP contribution in [0.4, 0.5) is 0 Å². The topological polar surface area (TPSA) is 29.5 Å². The Labute approximate surface area is 54.5 Å². The highest BCUT2D eigenvalue weighted by Gasteiger charge is 2.24. The van der Waals surface area contributed by atoms with Gasteiger partial charge in [-0.2, -0.15) is 0 Å². The molecular weight excluding hydrogens is 116 g/mol. The summed E-state index contributed by atoms with van der Waals surface area (Å²) in [7, 11) is 0. The minimum atomic E-state index is -0.533. The molecule has 0 fully saturated rings. The van der Waals surface area contributed by atoms with Gasteiger partial charge in [0.1, 0.15) is 5.76 Å². The Hall–Kier alpha value is -0.920. The maximum atomic E-state index is 9.12. The summed E-state index contributed by atoms with van der Waals surface area (Å²) in [6.45, 7) is 3.62. The summed E-state index contributed by atoms with van der Waals surface area (Å²) in [5.41, 5.74) is -0.533. The third kappa shape index (κ3) is 1.07. The zero-order chi connectivity index (χ0) is 6.91. The molecule has 0 bridgehead atoms. The van der Waals surface area contributed by atoms with Gasteiger partial charge in [0.25, 0.3) is 0 Å². The molecule has 1 aliphatic heterocycles. The molecule has 0 radical (unpaired) electrons. The first-order chi connectivity index (χ1) is 4.13. The van der Waals surface area contributed by atoms with Crippen molar-refractivity contribution in [2.45, 2.75) is 19.4 Å². The summed E-state index contributed by atoms with van der Waals surface area (Å²) < 4.78 is 5.08. The molecule has 1 aliphatic rings. The first-order valence-corrected chi connectivity index (χ1v) is 2.87. The van der Waals surface area contributed by atoms with E-state index in [1.807, 2.05) is 13.8 Å². The molecule has 0 aromatic heterocycles. The van der Waals surface area contributed by atoms with Crippen LogP contribution in [0.15, 0.2) is 24.2 Å². The third-order valence-electron chi connectivity index (χ3n) is 1.31. The van der Waals surface area contributed by atoms with E-state index in [0.717, 1.165) is 0 Å². The molecule has 1 heterocycles. The van der Waals surface area contributed by atoms with Crippen LogP contribution in [0.2, 0.25) is 0 Å². The molecule has 0 saturated heterocycles. The van der Waals surface area contributed by atoms with Crippen LogP contribution in [-0.2, 0) is 4.74 Å². The second kappa shape index (κ2) is 1.79. The number of hydrogen-bond acceptors (Lipinski definition) is 2. The fraction of sp³-hybridized carbons (Fsp3) is 0.429. The Morgan fingerprint density at radius 1 is 1.56 bits per heavy atom. The van der Waals surface area contributed by atoms with Crippen molar-refractivity contribution in [3.63, 3.8) is 0 Å². The molecule has 1 N–H and O–H groups in total. The van der Waals surface area contributed by atoms with E-state index in [1.165, 1.54) is 0 Å². The largest absolute Gasteiger partial charge is 0.508 e. The van der Waals surface area contributed by atoms with Crippen LogP contribution in [0.3, 0.4) is 0 Å². The van der Waals surface area contributed by atoms with Gasteiger partial charge in [-0.05, 0) is 26.0 Å². The van der Waals surface area contributed by atoms with Gasteiger partial charge in [-0.15, -0.1) is 0 Å². The standard InChI is InChI=1S/C7H10O2/c1-7(2)6(8)4-3-5-9-7/h3-5,8H,1-2H3. The number of hydrogen-bond donors (Lipinski definition) is 1. The molecule has 0 atom stereocenters. The van der Waals surface area contributed by atoms with E-state index in [9.17, 15) is 0 Å². The highest BCUT2D eigenvalue weighted by molar-refractivity contribution is 5.17. The molecule has 2 heteroatoms. The summed E-state index contributed by atoms with van der Waals surface area (Å²) in [5, 5.41) is 9.12. The van der Waals surface area contributed by atoms with Crippen molar-refractivity contribution in [2.24, 2.45) is 0 Å². The van der Waals surface area contributed by atoms with Crippen molar-refractivity contribution in [1.82, 2.24) is 0 Å². The molecule has 0 saturated carbocycles. The molecular formula is C7H10O2. The van der Waals surface area contributed by atoms with Crippen molar-refractivity contribution in [3.05, 3.63) is 24.2 Å². The summed E-state index contributed by atoms with van der Waals surface area (Å²) in [6, 6.07) is 0. The van der Waals surface area contributed by atoms with Gasteiger partial charge in [-0.3, -0.25) is 0 Å². The lowest BCUT2D eigenvalue weighted by Gasteiger charge is -2.25. The average molecular weight is 126 g/mol. The molecule has 0 spiro atoms. The average Bonchev–Trinajstić information content (AvgIpc) is 1.77. The molecule has 0 aliphatic carbocycles. The summed E-state index contributed by atoms with van der Waals surface area (Å²) in [6.07, 6.45) is 4.86. The summed E-state index contributed by atoms with van der Waals surface area (Å²) in [5.74, 6) is 0.269. The van der Waals surface area contributed by atoms with E-state index in [1.54, 1.807) is 18.4 Å². The smallest absolute Gasteiger partial charge is 0.159 e. The number of rotatable bonds is 0. The molecule has 0 amide bonds. The molecule has 2 nitrogen and oxygen atoms in total. The van der Waals surface area contributed by atoms with Crippen LogP contribution in [0.25, 0.3) is 0 Å². The normalized spacial score (nSPS) is 22.7. The SMILES string of the molecule is CC1(C)OC=CC=C1O. The zero-order valence-electron chi connectivity index (χ0n) is 5.59. The van der Waals surface area contributed by atoms with E-state index < -0.39 is 5.60 Å². The van der Waals surface area contributed by atoms with Crippen LogP contribution in [0, 0.1) is 0 Å². The number of allylic oxidation sites excluding steroid dienone is 2. The lowest BCUT2D eigenvalue weighted by molar-refractivity contribution is 0.0472. The molecule has 0 aromatic carbocycles. The van der Waals surface area contributed by atoms with Crippen LogP contribution >= 0.6 is 0 Å². The lowest BCUT2D eigenvalue weighted by Crippen LogP contribution is -2.26. The van der Waals surface area contributed by atoms with Gasteiger partial charge >= 0.3 is 0 Å². The minimum absolute atomic E-state index is 0.269. The Kier molecular flexibility index (Phi) is 1.24. The first kappa shape index (κ1) is 6.20. The Balaban J connectivity index is 2.83. The quantitative estimate of drug-likeness (QED) is 0.535. The van der Waals surface area contributed by atoms with E-state index in [2.05, 4.69) is 0 Å². The number of aliphatic hydroxyl groups excluding tert-OH is 1. The fourth-order valence-electron chi connectivity index (χ4n) is 0.601. The van der Waals surface area contributed by atoms with Gasteiger partial charge in [0, 0.05) is 0 Å². The molecule has 0 aromatic rings. The van der Waals surface area contributed by atoms with Crippen molar-refractivity contribution >= 4 is 0 Å². The summed E-state index contributed by atoms with van der Waals surface area (Å²) in [4.78, 5) is 0. The van der Waals surface area contributed by atoms with Gasteiger partial charge in [-0.1, -0.05) is 0 Å². The maximum absolute atomic E-state index is 9.12. The van der Waals surface area contributed by atoms with Gasteiger partial charge in [-0.25, -0.2) is 0 Å². The van der Waals surface area contributed by atoms with E-state index in [0.29, 0.717) is 0 Å². The van der Waals surface area contributed by atoms with Gasteiger partial charge in [0.05, 0.1) is 6.26 Å². The first-order valence-electron chi connectivity index (χ1n) is 2.87. The number of ether oxygens (including phenoxy) is 1. The van der Waals surface area contributed by atoms with Crippen molar-refractivity contribution < 1.29 is 9.84 Å². The van der Waals surface area contributed by atoms with Crippen LogP contribution < -0.4 is 0 Å². The van der Waals surface area contributed by atoms with Gasteiger partial charge in [0.15, 0.2) is 5.60 Å². The Bertz CT molecular complexity index is 166. The van der Waals surface area contributed by atoms with Crippen LogP contribution in [-0.4, -0.2) is 10.7 Å². The van der Waals surface area contributed by atoms with Crippen molar-refractivity contribution in [3.8, 4) is 0 Å². The predicted molar refractivity (Wildman–Crippen MR) is 35.0 cm³/mol. The fourth-order valence-corrected chi connectivity index (χ4v) is 0.601. The molecule has 9 heavy (non-hydrogen) atoms. The monoisotopic (exact) mass is 126 g/mol. The predicted octanol–water partition coefficient (Wildman–Crippen LogP) is 1.75. The van der Waals surface area contributed by atoms with Gasteiger partial charge in [0.2, 0.25) is 0 Å². The maximum Gasteiger partial charge on any atom is 0.159 e. The van der Waals surface area contributed by atoms with Crippen molar-refractivity contribution in [2.75, 3.05) is 0 Å². The van der Waals surface area contributed by atoms with E-state index in [4.69, 9.17) is 9.84 Å². The van der Waals surface area contributed by atoms with Crippen molar-refractivity contribution in [1.29, 1.82) is 0 Å². The van der Waals surface area contributed by atoms with Crippen LogP contribution in [0.1, 0.15) is 13.8 Å².